The third kappa shape index (κ3) is 2.96. The number of pyridine rings is 1. The first-order valence-electron chi connectivity index (χ1n) is 6.41. The normalized spacial score (nSPS) is 10.9. The second kappa shape index (κ2) is 6.19. The van der Waals surface area contributed by atoms with E-state index in [4.69, 9.17) is 4.74 Å². The molecule has 1 heterocycles. The molecular weight excluding hydrogens is 254 g/mol. The zero-order valence-electron chi connectivity index (χ0n) is 11.8. The summed E-state index contributed by atoms with van der Waals surface area (Å²) in [6.07, 6.45) is 3.96. The lowest BCUT2D eigenvalue weighted by molar-refractivity contribution is -0.134. The molecule has 0 aliphatic rings. The molecule has 4 heteroatoms. The van der Waals surface area contributed by atoms with Gasteiger partial charge >= 0.3 is 5.97 Å². The smallest absolute Gasteiger partial charge is 0.330 e. The quantitative estimate of drug-likeness (QED) is 0.633. The highest BCUT2D eigenvalue weighted by Gasteiger charge is 2.06. The molecule has 0 atom stereocenters. The van der Waals surface area contributed by atoms with Crippen LogP contribution in [0.5, 0.6) is 5.88 Å². The standard InChI is InChI=1S/C16H17NO3/c1-4-12-10-13-7-5-11(6-8-15(18)19-2)9-14(13)17-16(12)20-3/h5-10H,4H2,1-3H3/b8-6+. The molecule has 0 spiro atoms. The van der Waals surface area contributed by atoms with Crippen molar-refractivity contribution in [1.29, 1.82) is 0 Å². The molecule has 0 N–H and O–H groups in total. The van der Waals surface area contributed by atoms with Crippen LogP contribution in [0.3, 0.4) is 0 Å². The molecule has 0 unspecified atom stereocenters. The van der Waals surface area contributed by atoms with Gasteiger partial charge in [0.15, 0.2) is 0 Å². The van der Waals surface area contributed by atoms with E-state index < -0.39 is 0 Å². The molecule has 0 saturated carbocycles. The number of ether oxygens (including phenoxy) is 2. The van der Waals surface area contributed by atoms with Gasteiger partial charge in [-0.25, -0.2) is 9.78 Å². The summed E-state index contributed by atoms with van der Waals surface area (Å²) < 4.78 is 9.86. The molecule has 0 aliphatic heterocycles. The van der Waals surface area contributed by atoms with Gasteiger partial charge in [-0.15, -0.1) is 0 Å². The predicted molar refractivity (Wildman–Crippen MR) is 78.7 cm³/mol. The molecule has 4 nitrogen and oxygen atoms in total. The van der Waals surface area contributed by atoms with Crippen molar-refractivity contribution in [3.05, 3.63) is 41.5 Å². The first-order chi connectivity index (χ1) is 9.67. The Morgan fingerprint density at radius 3 is 2.75 bits per heavy atom. The van der Waals surface area contributed by atoms with Crippen LogP contribution in [0, 0.1) is 0 Å². The second-order valence-electron chi connectivity index (χ2n) is 4.32. The summed E-state index contributed by atoms with van der Waals surface area (Å²) in [5.41, 5.74) is 2.81. The molecule has 104 valence electrons. The van der Waals surface area contributed by atoms with Crippen LogP contribution >= 0.6 is 0 Å². The lowest BCUT2D eigenvalue weighted by Gasteiger charge is -2.08. The Morgan fingerprint density at radius 1 is 1.30 bits per heavy atom. The van der Waals surface area contributed by atoms with Gasteiger partial charge in [0, 0.05) is 17.0 Å². The van der Waals surface area contributed by atoms with E-state index in [0.717, 1.165) is 28.5 Å². The first-order valence-corrected chi connectivity index (χ1v) is 6.41. The van der Waals surface area contributed by atoms with Gasteiger partial charge in [-0.1, -0.05) is 19.1 Å². The second-order valence-corrected chi connectivity index (χ2v) is 4.32. The summed E-state index contributed by atoms with van der Waals surface area (Å²) in [5, 5.41) is 1.05. The van der Waals surface area contributed by atoms with E-state index in [0.29, 0.717) is 5.88 Å². The van der Waals surface area contributed by atoms with E-state index in [1.54, 1.807) is 13.2 Å². The molecular formula is C16H17NO3. The first kappa shape index (κ1) is 14.1. The number of rotatable bonds is 4. The van der Waals surface area contributed by atoms with Crippen molar-refractivity contribution < 1.29 is 14.3 Å². The van der Waals surface area contributed by atoms with Crippen molar-refractivity contribution in [1.82, 2.24) is 4.98 Å². The summed E-state index contributed by atoms with van der Waals surface area (Å²) in [5.74, 6) is 0.270. The van der Waals surface area contributed by atoms with Gasteiger partial charge in [0.1, 0.15) is 0 Å². The molecule has 0 fully saturated rings. The topological polar surface area (TPSA) is 48.4 Å². The highest BCUT2D eigenvalue weighted by molar-refractivity contribution is 5.88. The maximum Gasteiger partial charge on any atom is 0.330 e. The van der Waals surface area contributed by atoms with E-state index in [9.17, 15) is 4.79 Å². The monoisotopic (exact) mass is 271 g/mol. The van der Waals surface area contributed by atoms with E-state index >= 15 is 0 Å². The Bertz CT molecular complexity index is 662. The van der Waals surface area contributed by atoms with Crippen LogP contribution in [0.4, 0.5) is 0 Å². The van der Waals surface area contributed by atoms with Crippen LogP contribution in [0.2, 0.25) is 0 Å². The largest absolute Gasteiger partial charge is 0.481 e. The fourth-order valence-corrected chi connectivity index (χ4v) is 1.98. The van der Waals surface area contributed by atoms with E-state index in [1.807, 2.05) is 18.2 Å². The van der Waals surface area contributed by atoms with Crippen molar-refractivity contribution in [2.75, 3.05) is 14.2 Å². The average Bonchev–Trinajstić information content (AvgIpc) is 2.50. The minimum atomic E-state index is -0.378. The number of hydrogen-bond donors (Lipinski definition) is 0. The van der Waals surface area contributed by atoms with Crippen LogP contribution in [0.1, 0.15) is 18.1 Å². The number of methoxy groups -OCH3 is 2. The van der Waals surface area contributed by atoms with Crippen LogP contribution in [-0.4, -0.2) is 25.2 Å². The molecule has 0 saturated heterocycles. The van der Waals surface area contributed by atoms with Crippen LogP contribution in [0.15, 0.2) is 30.3 Å². The highest BCUT2D eigenvalue weighted by Crippen LogP contribution is 2.23. The van der Waals surface area contributed by atoms with Crippen molar-refractivity contribution in [2.24, 2.45) is 0 Å². The summed E-state index contributed by atoms with van der Waals surface area (Å²) in [6, 6.07) is 7.92. The van der Waals surface area contributed by atoms with Gasteiger partial charge in [0.25, 0.3) is 0 Å². The summed E-state index contributed by atoms with van der Waals surface area (Å²) >= 11 is 0. The number of aryl methyl sites for hydroxylation is 1. The Hall–Kier alpha value is -2.36. The minimum Gasteiger partial charge on any atom is -0.481 e. The maximum atomic E-state index is 11.1. The summed E-state index contributed by atoms with van der Waals surface area (Å²) in [4.78, 5) is 15.6. The average molecular weight is 271 g/mol. The van der Waals surface area contributed by atoms with Crippen molar-refractivity contribution >= 4 is 22.9 Å². The van der Waals surface area contributed by atoms with E-state index in [1.165, 1.54) is 13.2 Å². The van der Waals surface area contributed by atoms with E-state index in [-0.39, 0.29) is 5.97 Å². The summed E-state index contributed by atoms with van der Waals surface area (Å²) in [7, 11) is 2.97. The SMILES string of the molecule is CCc1cc2ccc(/C=C/C(=O)OC)cc2nc1OC. The highest BCUT2D eigenvalue weighted by atomic mass is 16.5. The van der Waals surface area contributed by atoms with Gasteiger partial charge in [0.2, 0.25) is 5.88 Å². The number of esters is 1. The Morgan fingerprint density at radius 2 is 2.10 bits per heavy atom. The predicted octanol–water partition coefficient (Wildman–Crippen LogP) is 2.99. The third-order valence-corrected chi connectivity index (χ3v) is 3.07. The molecule has 1 aromatic carbocycles. The third-order valence-electron chi connectivity index (χ3n) is 3.07. The number of nitrogens with zero attached hydrogens (tertiary/aromatic N) is 1. The van der Waals surface area contributed by atoms with Gasteiger partial charge < -0.3 is 9.47 Å². The van der Waals surface area contributed by atoms with Crippen molar-refractivity contribution in [3.8, 4) is 5.88 Å². The number of fused-ring (bicyclic) bond motifs is 1. The zero-order valence-corrected chi connectivity index (χ0v) is 11.8. The van der Waals surface area contributed by atoms with Gasteiger partial charge in [-0.05, 0) is 30.2 Å². The molecule has 0 aliphatic carbocycles. The number of hydrogen-bond acceptors (Lipinski definition) is 4. The number of benzene rings is 1. The van der Waals surface area contributed by atoms with Crippen LogP contribution in [0.25, 0.3) is 17.0 Å². The maximum absolute atomic E-state index is 11.1. The Balaban J connectivity index is 2.43. The fraction of sp³-hybridized carbons (Fsp3) is 0.250. The zero-order chi connectivity index (χ0) is 14.5. The summed E-state index contributed by atoms with van der Waals surface area (Å²) in [6.45, 7) is 2.07. The molecule has 2 aromatic rings. The molecule has 20 heavy (non-hydrogen) atoms. The van der Waals surface area contributed by atoms with Gasteiger partial charge in [-0.3, -0.25) is 0 Å². The van der Waals surface area contributed by atoms with Crippen LogP contribution in [-0.2, 0) is 16.0 Å². The Kier molecular flexibility index (Phi) is 4.35. The molecule has 1 aromatic heterocycles. The Labute approximate surface area is 118 Å². The van der Waals surface area contributed by atoms with Gasteiger partial charge in [-0.2, -0.15) is 0 Å². The molecule has 0 bridgehead atoms. The minimum absolute atomic E-state index is 0.378. The van der Waals surface area contributed by atoms with Crippen molar-refractivity contribution in [3.63, 3.8) is 0 Å². The fourth-order valence-electron chi connectivity index (χ4n) is 1.98. The lowest BCUT2D eigenvalue weighted by atomic mass is 10.1. The number of aromatic nitrogens is 1. The molecule has 2 rings (SSSR count). The van der Waals surface area contributed by atoms with Crippen molar-refractivity contribution in [2.45, 2.75) is 13.3 Å². The van der Waals surface area contributed by atoms with Gasteiger partial charge in [0.05, 0.1) is 19.7 Å². The molecule has 0 radical (unpaired) electrons. The molecule has 0 amide bonds. The number of carbonyl (C=O) groups excluding carboxylic acids is 1. The van der Waals surface area contributed by atoms with E-state index in [2.05, 4.69) is 22.7 Å². The van der Waals surface area contributed by atoms with Crippen LogP contribution < -0.4 is 4.74 Å². The number of carbonyl (C=O) groups is 1. The lowest BCUT2D eigenvalue weighted by Crippen LogP contribution is -1.95.